The van der Waals surface area contributed by atoms with Crippen LogP contribution in [0.25, 0.3) is 54.2 Å². The fourth-order valence-electron chi connectivity index (χ4n) is 15.1. The van der Waals surface area contributed by atoms with E-state index in [1.54, 1.807) is 0 Å². The Hall–Kier alpha value is -8.32. The van der Waals surface area contributed by atoms with Crippen molar-refractivity contribution in [1.29, 1.82) is 0 Å². The average Bonchev–Trinajstić information content (AvgIpc) is 1.60. The van der Waals surface area contributed by atoms with Gasteiger partial charge in [-0.25, -0.2) is 0 Å². The molecular formula is C103H130. The smallest absolute Gasteiger partial charge is 0.00735 e. The van der Waals surface area contributed by atoms with E-state index < -0.39 is 0 Å². The SMILES string of the molecule is CC1CCC(C)C(C)C1.CC1CCC(C)C(C)C1.Cc1cc(C)c2ccccc2c1C.Cc1cc(C)c2ccccc2c1C.Cc1ccc(C)c(C)c1.Cc1ccc(C)c(C)c1.Cc1ccc2c(c1)C(C)c1cc(C)ccc1-2.Cc1ccc2cc(C)c(C)cc2c1.Cc1ccc2ccccc2c1C. The van der Waals surface area contributed by atoms with E-state index in [9.17, 15) is 0 Å². The molecule has 15 rings (SSSR count). The van der Waals surface area contributed by atoms with E-state index in [1.807, 2.05) is 0 Å². The van der Waals surface area contributed by atoms with Crippen LogP contribution in [-0.2, 0) is 0 Å². The zero-order valence-electron chi connectivity index (χ0n) is 68.8. The monoisotopic (exact) mass is 1370 g/mol. The highest BCUT2D eigenvalue weighted by atomic mass is 14.3. The molecular weight excluding hydrogens is 1240 g/mol. The lowest BCUT2D eigenvalue weighted by Gasteiger charge is -2.29. The maximum Gasteiger partial charge on any atom is 0.00735 e. The standard InChI is InChI=1S/C16H16.3C13H14.C12H12.2C9H18.2C9H12/c1-10-4-6-13-14-7-5-11(2)9-16(14)12(3)15(13)8-10;1-9-4-5-12-7-10(2)11(3)8-13(12)6-9;2*1-9-8-10(2)12-6-4-5-7-13(12)11(9)3;1-9-7-8-11-5-3-4-6-12(11)10(9)2;4*1-7-4-5-8(2)9(3)6-7/h4-9,12H,1-3H3;3*4-8H,1-3H3;3-8H,1-2H3;2*7-9H,4-6H2,1-3H3;2*4-6H,1-3H3. The molecule has 0 heteroatoms. The molecule has 0 heterocycles. The van der Waals surface area contributed by atoms with E-state index in [0.717, 1.165) is 35.5 Å². The first kappa shape index (κ1) is 82.0. The van der Waals surface area contributed by atoms with Crippen LogP contribution < -0.4 is 0 Å². The lowest BCUT2D eigenvalue weighted by Crippen LogP contribution is -2.18. The molecule has 0 nitrogen and oxygen atoms in total. The normalized spacial score (nSPS) is 17.0. The average molecular weight is 1370 g/mol. The summed E-state index contributed by atoms with van der Waals surface area (Å²) in [5.74, 6) is 6.47. The van der Waals surface area contributed by atoms with Crippen molar-refractivity contribution < 1.29 is 0 Å². The van der Waals surface area contributed by atoms with Crippen molar-refractivity contribution in [3.05, 3.63) is 317 Å². The summed E-state index contributed by atoms with van der Waals surface area (Å²) in [4.78, 5) is 0. The van der Waals surface area contributed by atoms with Crippen LogP contribution in [0.2, 0.25) is 0 Å². The minimum atomic E-state index is 0.546. The van der Waals surface area contributed by atoms with E-state index in [2.05, 4.69) is 380 Å². The first-order valence-corrected chi connectivity index (χ1v) is 38.9. The highest BCUT2D eigenvalue weighted by molar-refractivity contribution is 5.91. The number of aryl methyl sites for hydroxylation is 19. The van der Waals surface area contributed by atoms with Gasteiger partial charge in [0.05, 0.1) is 0 Å². The second-order valence-corrected chi connectivity index (χ2v) is 32.2. The van der Waals surface area contributed by atoms with Crippen LogP contribution in [0.1, 0.15) is 210 Å². The molecule has 103 heavy (non-hydrogen) atoms. The van der Waals surface area contributed by atoms with Gasteiger partial charge in [0.1, 0.15) is 0 Å². The van der Waals surface area contributed by atoms with Crippen LogP contribution in [0.15, 0.2) is 200 Å². The van der Waals surface area contributed by atoms with Gasteiger partial charge < -0.3 is 0 Å². The summed E-state index contributed by atoms with van der Waals surface area (Å²) in [6, 6.07) is 72.3. The summed E-state index contributed by atoms with van der Waals surface area (Å²) in [6.45, 7) is 57.6. The van der Waals surface area contributed by atoms with Gasteiger partial charge in [0.2, 0.25) is 0 Å². The Morgan fingerprint density at radius 2 is 0.544 bits per heavy atom. The Bertz CT molecular complexity index is 4540. The second kappa shape index (κ2) is 38.4. The molecule has 0 amide bonds. The van der Waals surface area contributed by atoms with Crippen molar-refractivity contribution in [1.82, 2.24) is 0 Å². The highest BCUT2D eigenvalue weighted by Gasteiger charge is 2.25. The van der Waals surface area contributed by atoms with Crippen LogP contribution in [0.3, 0.4) is 0 Å². The van der Waals surface area contributed by atoms with Crippen molar-refractivity contribution in [3.63, 3.8) is 0 Å². The highest BCUT2D eigenvalue weighted by Crippen LogP contribution is 2.45. The molecule has 0 radical (unpaired) electrons. The molecule has 6 atom stereocenters. The van der Waals surface area contributed by atoms with Gasteiger partial charge >= 0.3 is 0 Å². The van der Waals surface area contributed by atoms with Crippen molar-refractivity contribution in [2.45, 2.75) is 224 Å². The minimum Gasteiger partial charge on any atom is -0.0625 e. The third-order valence-corrected chi connectivity index (χ3v) is 23.3. The Morgan fingerprint density at radius 1 is 0.214 bits per heavy atom. The lowest BCUT2D eigenvalue weighted by atomic mass is 9.77. The maximum absolute atomic E-state index is 2.39. The third-order valence-electron chi connectivity index (χ3n) is 23.3. The van der Waals surface area contributed by atoms with Crippen molar-refractivity contribution in [2.75, 3.05) is 0 Å². The first-order valence-electron chi connectivity index (χ1n) is 38.9. The molecule has 3 aliphatic rings. The van der Waals surface area contributed by atoms with Gasteiger partial charge in [0.25, 0.3) is 0 Å². The van der Waals surface area contributed by atoms with E-state index in [0.29, 0.717) is 5.92 Å². The number of hydrogen-bond acceptors (Lipinski definition) is 0. The zero-order valence-corrected chi connectivity index (χ0v) is 68.8. The Morgan fingerprint density at radius 3 is 0.951 bits per heavy atom. The molecule has 0 spiro atoms. The van der Waals surface area contributed by atoms with E-state index in [1.165, 1.54) is 210 Å². The fraction of sp³-hybridized carbons (Fsp3) is 0.379. The van der Waals surface area contributed by atoms with Crippen LogP contribution >= 0.6 is 0 Å². The molecule has 3 aliphatic carbocycles. The van der Waals surface area contributed by atoms with Gasteiger partial charge in [-0.3, -0.25) is 0 Å². The molecule has 542 valence electrons. The zero-order chi connectivity index (χ0) is 75.5. The van der Waals surface area contributed by atoms with Gasteiger partial charge in [-0.15, -0.1) is 0 Å². The molecule has 6 unspecified atom stereocenters. The van der Waals surface area contributed by atoms with Gasteiger partial charge in [0.15, 0.2) is 0 Å². The lowest BCUT2D eigenvalue weighted by molar-refractivity contribution is 0.220. The minimum absolute atomic E-state index is 0.546. The molecule has 12 aromatic carbocycles. The molecule has 0 bridgehead atoms. The predicted octanol–water partition coefficient (Wildman–Crippen LogP) is 30.6. The van der Waals surface area contributed by atoms with Gasteiger partial charge in [-0.05, 0) is 323 Å². The van der Waals surface area contributed by atoms with Crippen LogP contribution in [0.5, 0.6) is 0 Å². The number of hydrogen-bond donors (Lipinski definition) is 0. The Kier molecular flexibility index (Phi) is 30.6. The number of benzene rings is 12. The summed E-state index contributed by atoms with van der Waals surface area (Å²) in [6.07, 6.45) is 8.77. The van der Waals surface area contributed by atoms with Gasteiger partial charge in [0, 0.05) is 5.92 Å². The number of fused-ring (bicyclic) bond motifs is 7. The van der Waals surface area contributed by atoms with Gasteiger partial charge in [-0.2, -0.15) is 0 Å². The third kappa shape index (κ3) is 23.1. The summed E-state index contributed by atoms with van der Waals surface area (Å²) in [5, 5.41) is 10.9. The summed E-state index contributed by atoms with van der Waals surface area (Å²) >= 11 is 0. The predicted molar refractivity (Wildman–Crippen MR) is 461 cm³/mol. The molecule has 2 fully saturated rings. The quantitative estimate of drug-likeness (QED) is 0.142. The first-order chi connectivity index (χ1) is 48.8. The molecule has 2 saturated carbocycles. The van der Waals surface area contributed by atoms with E-state index in [4.69, 9.17) is 0 Å². The van der Waals surface area contributed by atoms with Crippen molar-refractivity contribution in [3.8, 4) is 11.1 Å². The van der Waals surface area contributed by atoms with Crippen molar-refractivity contribution in [2.24, 2.45) is 35.5 Å². The largest absolute Gasteiger partial charge is 0.0625 e. The summed E-state index contributed by atoms with van der Waals surface area (Å²) in [5.41, 5.74) is 31.9. The fourth-order valence-corrected chi connectivity index (χ4v) is 15.1. The molecule has 12 aromatic rings. The molecule has 0 aliphatic heterocycles. The molecule has 0 aromatic heterocycles. The van der Waals surface area contributed by atoms with Crippen LogP contribution in [-0.4, -0.2) is 0 Å². The van der Waals surface area contributed by atoms with E-state index in [-0.39, 0.29) is 0 Å². The van der Waals surface area contributed by atoms with Crippen molar-refractivity contribution >= 4 is 43.1 Å². The van der Waals surface area contributed by atoms with E-state index >= 15 is 0 Å². The second-order valence-electron chi connectivity index (χ2n) is 32.2. The van der Waals surface area contributed by atoms with Gasteiger partial charge in [-0.1, -0.05) is 302 Å². The molecule has 0 saturated heterocycles. The maximum atomic E-state index is 2.39. The number of rotatable bonds is 0. The Balaban J connectivity index is 0.000000163. The topological polar surface area (TPSA) is 0 Å². The summed E-state index contributed by atoms with van der Waals surface area (Å²) in [7, 11) is 0. The molecule has 0 N–H and O–H groups in total. The Labute approximate surface area is 627 Å². The van der Waals surface area contributed by atoms with Crippen LogP contribution in [0, 0.1) is 167 Å². The van der Waals surface area contributed by atoms with Crippen LogP contribution in [0.4, 0.5) is 0 Å². The summed E-state index contributed by atoms with van der Waals surface area (Å²) < 4.78 is 0.